The van der Waals surface area contributed by atoms with E-state index in [0.717, 1.165) is 0 Å². The molecule has 4 N–H and O–H groups in total. The first-order chi connectivity index (χ1) is 8.06. The topological polar surface area (TPSA) is 120 Å². The molecule has 7 heteroatoms. The van der Waals surface area contributed by atoms with Crippen molar-refractivity contribution in [1.82, 2.24) is 5.43 Å². The van der Waals surface area contributed by atoms with Crippen molar-refractivity contribution in [2.45, 2.75) is 0 Å². The molecule has 0 atom stereocenters. The Bertz CT molecular complexity index is 470. The molecule has 0 unspecified atom stereocenters. The highest BCUT2D eigenvalue weighted by Gasteiger charge is 2.09. The summed E-state index contributed by atoms with van der Waals surface area (Å²) in [5.41, 5.74) is 7.09. The highest BCUT2D eigenvalue weighted by atomic mass is 16.4. The Kier molecular flexibility index (Phi) is 4.04. The van der Waals surface area contributed by atoms with Gasteiger partial charge in [0.2, 0.25) is 0 Å². The van der Waals surface area contributed by atoms with Gasteiger partial charge in [0.05, 0.1) is 5.97 Å². The number of carboxylic acid groups (broad SMARTS) is 1. The summed E-state index contributed by atoms with van der Waals surface area (Å²) in [6.07, 6.45) is 0. The third-order valence-corrected chi connectivity index (χ3v) is 1.92. The molecule has 0 fully saturated rings. The lowest BCUT2D eigenvalue weighted by Gasteiger charge is -2.12. The summed E-state index contributed by atoms with van der Waals surface area (Å²) in [6.45, 7) is 0. The minimum Gasteiger partial charge on any atom is -0.543 e. The molecule has 1 aromatic carbocycles. The van der Waals surface area contributed by atoms with E-state index in [4.69, 9.17) is 5.73 Å². The van der Waals surface area contributed by atoms with Crippen molar-refractivity contribution in [3.63, 3.8) is 0 Å². The van der Waals surface area contributed by atoms with E-state index in [1.165, 1.54) is 6.07 Å². The number of anilines is 1. The standard InChI is InChI=1S/C10H12N4O3/c1-12-7-5-3-2-4-6(7)8(9(15)16)13-14-10(11)17/h2-5,12H,1H3,(H,15,16)(H3,11,14,17)/p-1. The first-order valence-corrected chi connectivity index (χ1v) is 4.68. The summed E-state index contributed by atoms with van der Waals surface area (Å²) in [6, 6.07) is 5.61. The van der Waals surface area contributed by atoms with Crippen molar-refractivity contribution < 1.29 is 14.7 Å². The van der Waals surface area contributed by atoms with Gasteiger partial charge in [0.25, 0.3) is 0 Å². The maximum Gasteiger partial charge on any atom is 0.332 e. The molecule has 1 rings (SSSR count). The van der Waals surface area contributed by atoms with Crippen molar-refractivity contribution in [2.24, 2.45) is 10.8 Å². The second-order valence-electron chi connectivity index (χ2n) is 3.02. The third-order valence-electron chi connectivity index (χ3n) is 1.92. The Morgan fingerprint density at radius 3 is 2.53 bits per heavy atom. The van der Waals surface area contributed by atoms with Crippen LogP contribution >= 0.6 is 0 Å². The first kappa shape index (κ1) is 12.5. The molecule has 0 saturated heterocycles. The number of benzene rings is 1. The van der Waals surface area contributed by atoms with E-state index in [2.05, 4.69) is 10.4 Å². The number of hydrogen-bond acceptors (Lipinski definition) is 5. The Labute approximate surface area is 97.3 Å². The number of hydrazone groups is 1. The van der Waals surface area contributed by atoms with Gasteiger partial charge in [0.1, 0.15) is 5.71 Å². The lowest BCUT2D eigenvalue weighted by Crippen LogP contribution is -2.36. The van der Waals surface area contributed by atoms with Crippen LogP contribution in [0.15, 0.2) is 29.4 Å². The molecule has 0 bridgehead atoms. The summed E-state index contributed by atoms with van der Waals surface area (Å²) in [5, 5.41) is 17.1. The van der Waals surface area contributed by atoms with Crippen LogP contribution in [0.5, 0.6) is 0 Å². The van der Waals surface area contributed by atoms with Crippen LogP contribution in [0.2, 0.25) is 0 Å². The molecule has 1 aromatic rings. The maximum atomic E-state index is 10.9. The molecular formula is C10H11N4O3-. The molecular weight excluding hydrogens is 224 g/mol. The predicted molar refractivity (Wildman–Crippen MR) is 60.3 cm³/mol. The van der Waals surface area contributed by atoms with Crippen molar-refractivity contribution in [1.29, 1.82) is 0 Å². The summed E-state index contributed by atoms with van der Waals surface area (Å²) in [4.78, 5) is 21.4. The monoisotopic (exact) mass is 235 g/mol. The van der Waals surface area contributed by atoms with Gasteiger partial charge in [-0.3, -0.25) is 0 Å². The largest absolute Gasteiger partial charge is 0.543 e. The minimum absolute atomic E-state index is 0.295. The quantitative estimate of drug-likeness (QED) is 0.451. The molecule has 17 heavy (non-hydrogen) atoms. The van der Waals surface area contributed by atoms with E-state index >= 15 is 0 Å². The number of carboxylic acids is 1. The average molecular weight is 235 g/mol. The number of urea groups is 1. The van der Waals surface area contributed by atoms with Crippen LogP contribution in [0.25, 0.3) is 0 Å². The van der Waals surface area contributed by atoms with E-state index in [0.29, 0.717) is 11.3 Å². The number of aliphatic carboxylic acids is 1. The number of nitrogens with zero attached hydrogens (tertiary/aromatic N) is 1. The smallest absolute Gasteiger partial charge is 0.332 e. The molecule has 0 aliphatic heterocycles. The third kappa shape index (κ3) is 3.20. The molecule has 0 aliphatic carbocycles. The minimum atomic E-state index is -1.51. The normalized spacial score (nSPS) is 10.8. The second kappa shape index (κ2) is 5.50. The maximum absolute atomic E-state index is 10.9. The summed E-state index contributed by atoms with van der Waals surface area (Å²) in [5.74, 6) is -1.51. The van der Waals surface area contributed by atoms with Gasteiger partial charge in [-0.2, -0.15) is 5.10 Å². The van der Waals surface area contributed by atoms with Crippen LogP contribution in [-0.2, 0) is 4.79 Å². The number of hydrogen-bond donors (Lipinski definition) is 3. The fourth-order valence-electron chi connectivity index (χ4n) is 1.23. The van der Waals surface area contributed by atoms with Gasteiger partial charge in [-0.05, 0) is 6.07 Å². The molecule has 2 amide bonds. The zero-order valence-electron chi connectivity index (χ0n) is 9.06. The zero-order valence-corrected chi connectivity index (χ0v) is 9.06. The van der Waals surface area contributed by atoms with Crippen molar-refractivity contribution in [3.05, 3.63) is 29.8 Å². The molecule has 0 radical (unpaired) electrons. The number of carbonyl (C=O) groups is 2. The predicted octanol–water partition coefficient (Wildman–Crippen LogP) is -1.15. The van der Waals surface area contributed by atoms with Gasteiger partial charge >= 0.3 is 6.03 Å². The van der Waals surface area contributed by atoms with Crippen LogP contribution < -0.4 is 21.6 Å². The van der Waals surface area contributed by atoms with Crippen molar-refractivity contribution >= 4 is 23.4 Å². The highest BCUT2D eigenvalue weighted by molar-refractivity contribution is 6.43. The lowest BCUT2D eigenvalue weighted by molar-refractivity contribution is -0.294. The summed E-state index contributed by atoms with van der Waals surface area (Å²) >= 11 is 0. The molecule has 0 spiro atoms. The number of nitrogens with two attached hydrogens (primary N) is 1. The van der Waals surface area contributed by atoms with Crippen LogP contribution in [0.4, 0.5) is 10.5 Å². The van der Waals surface area contributed by atoms with Crippen LogP contribution in [-0.4, -0.2) is 24.8 Å². The van der Waals surface area contributed by atoms with E-state index in [1.807, 2.05) is 5.43 Å². The Morgan fingerprint density at radius 2 is 2.00 bits per heavy atom. The number of carbonyl (C=O) groups excluding carboxylic acids is 2. The number of amides is 2. The molecule has 0 aliphatic rings. The van der Waals surface area contributed by atoms with Crippen LogP contribution in [0, 0.1) is 0 Å². The summed E-state index contributed by atoms with van der Waals surface area (Å²) in [7, 11) is 1.63. The van der Waals surface area contributed by atoms with Gasteiger partial charge in [0, 0.05) is 18.3 Å². The molecule has 90 valence electrons. The number of para-hydroxylation sites is 1. The van der Waals surface area contributed by atoms with E-state index < -0.39 is 17.7 Å². The van der Waals surface area contributed by atoms with Gasteiger partial charge < -0.3 is 21.0 Å². The Hall–Kier alpha value is -2.57. The van der Waals surface area contributed by atoms with Gasteiger partial charge in [-0.1, -0.05) is 18.2 Å². The van der Waals surface area contributed by atoms with Crippen molar-refractivity contribution in [3.8, 4) is 0 Å². The molecule has 0 saturated carbocycles. The van der Waals surface area contributed by atoms with Gasteiger partial charge in [-0.25, -0.2) is 10.2 Å². The molecule has 0 aromatic heterocycles. The molecule has 7 nitrogen and oxygen atoms in total. The molecule has 0 heterocycles. The Morgan fingerprint density at radius 1 is 1.35 bits per heavy atom. The zero-order chi connectivity index (χ0) is 12.8. The van der Waals surface area contributed by atoms with E-state index in [1.54, 1.807) is 25.2 Å². The fourth-order valence-corrected chi connectivity index (χ4v) is 1.23. The SMILES string of the molecule is CNc1ccccc1C(=NNC(N)=O)C(=O)[O-]. The number of primary amides is 1. The lowest BCUT2D eigenvalue weighted by atomic mass is 10.1. The Balaban J connectivity index is 3.18. The average Bonchev–Trinajstić information content (AvgIpc) is 2.29. The number of rotatable bonds is 4. The van der Waals surface area contributed by atoms with Crippen molar-refractivity contribution in [2.75, 3.05) is 12.4 Å². The fraction of sp³-hybridized carbons (Fsp3) is 0.100. The highest BCUT2D eigenvalue weighted by Crippen LogP contribution is 2.14. The van der Waals surface area contributed by atoms with Gasteiger partial charge in [0.15, 0.2) is 0 Å². The van der Waals surface area contributed by atoms with Gasteiger partial charge in [-0.15, -0.1) is 0 Å². The van der Waals surface area contributed by atoms with Crippen LogP contribution in [0.3, 0.4) is 0 Å². The second-order valence-corrected chi connectivity index (χ2v) is 3.02. The van der Waals surface area contributed by atoms with E-state index in [9.17, 15) is 14.7 Å². The number of nitrogens with one attached hydrogen (secondary N) is 2. The van der Waals surface area contributed by atoms with E-state index in [-0.39, 0.29) is 0 Å². The first-order valence-electron chi connectivity index (χ1n) is 4.68. The summed E-state index contributed by atoms with van der Waals surface area (Å²) < 4.78 is 0. The van der Waals surface area contributed by atoms with Crippen LogP contribution in [0.1, 0.15) is 5.56 Å².